The van der Waals surface area contributed by atoms with Crippen molar-refractivity contribution in [1.29, 1.82) is 0 Å². The number of rotatable bonds is 5. The normalized spacial score (nSPS) is 10.9. The SMILES string of the molecule is C=C(C)CNC(=O)/C=C/c1ccc(C(C)C)cc1. The lowest BCUT2D eigenvalue weighted by atomic mass is 10.0. The predicted octanol–water partition coefficient (Wildman–Crippen LogP) is 3.52. The lowest BCUT2D eigenvalue weighted by molar-refractivity contribution is -0.116. The minimum absolute atomic E-state index is 0.0917. The molecule has 0 saturated heterocycles. The van der Waals surface area contributed by atoms with E-state index in [-0.39, 0.29) is 5.91 Å². The Bertz CT molecular complexity index is 441. The fourth-order valence-electron chi connectivity index (χ4n) is 1.46. The number of hydrogen-bond donors (Lipinski definition) is 1. The smallest absolute Gasteiger partial charge is 0.244 e. The molecule has 0 unspecified atom stereocenters. The second kappa shape index (κ2) is 6.80. The van der Waals surface area contributed by atoms with E-state index in [1.807, 2.05) is 25.1 Å². The second-order valence-electron chi connectivity index (χ2n) is 4.83. The van der Waals surface area contributed by atoms with E-state index < -0.39 is 0 Å². The first-order chi connectivity index (χ1) is 8.49. The van der Waals surface area contributed by atoms with Gasteiger partial charge in [0.25, 0.3) is 0 Å². The molecule has 1 N–H and O–H groups in total. The molecule has 1 aromatic carbocycles. The van der Waals surface area contributed by atoms with Crippen LogP contribution in [0.4, 0.5) is 0 Å². The zero-order valence-corrected chi connectivity index (χ0v) is 11.4. The topological polar surface area (TPSA) is 29.1 Å². The number of nitrogens with one attached hydrogen (secondary N) is 1. The fraction of sp³-hybridized carbons (Fsp3) is 0.312. The van der Waals surface area contributed by atoms with Crippen LogP contribution in [0.25, 0.3) is 6.08 Å². The molecule has 0 radical (unpaired) electrons. The Hall–Kier alpha value is -1.83. The van der Waals surface area contributed by atoms with Gasteiger partial charge in [0.05, 0.1) is 0 Å². The third kappa shape index (κ3) is 5.00. The van der Waals surface area contributed by atoms with Gasteiger partial charge in [0.2, 0.25) is 5.91 Å². The van der Waals surface area contributed by atoms with Crippen molar-refractivity contribution in [1.82, 2.24) is 5.32 Å². The Kier molecular flexibility index (Phi) is 5.37. The lowest BCUT2D eigenvalue weighted by Crippen LogP contribution is -2.22. The zero-order chi connectivity index (χ0) is 13.5. The first-order valence-electron chi connectivity index (χ1n) is 6.19. The van der Waals surface area contributed by atoms with Crippen LogP contribution in [0, 0.1) is 0 Å². The summed E-state index contributed by atoms with van der Waals surface area (Å²) in [5.74, 6) is 0.438. The Labute approximate surface area is 109 Å². The summed E-state index contributed by atoms with van der Waals surface area (Å²) in [6, 6.07) is 8.24. The molecule has 0 aliphatic rings. The summed E-state index contributed by atoms with van der Waals surface area (Å²) in [6.07, 6.45) is 3.37. The average Bonchev–Trinajstić information content (AvgIpc) is 2.34. The molecule has 0 atom stereocenters. The molecule has 0 heterocycles. The third-order valence-corrected chi connectivity index (χ3v) is 2.59. The summed E-state index contributed by atoms with van der Waals surface area (Å²) >= 11 is 0. The van der Waals surface area contributed by atoms with Crippen molar-refractivity contribution in [3.63, 3.8) is 0 Å². The highest BCUT2D eigenvalue weighted by molar-refractivity contribution is 5.91. The maximum absolute atomic E-state index is 11.5. The van der Waals surface area contributed by atoms with Gasteiger partial charge in [0, 0.05) is 12.6 Å². The number of amides is 1. The molecule has 96 valence electrons. The van der Waals surface area contributed by atoms with Crippen molar-refractivity contribution in [2.45, 2.75) is 26.7 Å². The van der Waals surface area contributed by atoms with Crippen molar-refractivity contribution in [3.8, 4) is 0 Å². The molecular weight excluding hydrogens is 222 g/mol. The largest absolute Gasteiger partial charge is 0.349 e. The van der Waals surface area contributed by atoms with Crippen LogP contribution in [0.15, 0.2) is 42.5 Å². The van der Waals surface area contributed by atoms with E-state index in [2.05, 4.69) is 37.9 Å². The van der Waals surface area contributed by atoms with Crippen molar-refractivity contribution < 1.29 is 4.79 Å². The van der Waals surface area contributed by atoms with Crippen molar-refractivity contribution in [2.24, 2.45) is 0 Å². The number of hydrogen-bond acceptors (Lipinski definition) is 1. The van der Waals surface area contributed by atoms with E-state index in [1.165, 1.54) is 5.56 Å². The molecule has 0 bridgehead atoms. The van der Waals surface area contributed by atoms with Crippen LogP contribution >= 0.6 is 0 Å². The Morgan fingerprint density at radius 2 is 1.94 bits per heavy atom. The van der Waals surface area contributed by atoms with Crippen LogP contribution < -0.4 is 5.32 Å². The van der Waals surface area contributed by atoms with E-state index in [0.717, 1.165) is 11.1 Å². The van der Waals surface area contributed by atoms with Gasteiger partial charge in [0.15, 0.2) is 0 Å². The minimum atomic E-state index is -0.0917. The quantitative estimate of drug-likeness (QED) is 0.622. The lowest BCUT2D eigenvalue weighted by Gasteiger charge is -2.04. The summed E-state index contributed by atoms with van der Waals surface area (Å²) in [7, 11) is 0. The molecule has 1 aromatic rings. The highest BCUT2D eigenvalue weighted by atomic mass is 16.1. The van der Waals surface area contributed by atoms with Gasteiger partial charge in [-0.1, -0.05) is 50.3 Å². The molecule has 1 rings (SSSR count). The summed E-state index contributed by atoms with van der Waals surface area (Å²) < 4.78 is 0. The highest BCUT2D eigenvalue weighted by Crippen LogP contribution is 2.15. The van der Waals surface area contributed by atoms with Crippen LogP contribution in [-0.4, -0.2) is 12.5 Å². The van der Waals surface area contributed by atoms with Crippen molar-refractivity contribution in [2.75, 3.05) is 6.54 Å². The molecule has 0 spiro atoms. The van der Waals surface area contributed by atoms with Crippen molar-refractivity contribution >= 4 is 12.0 Å². The van der Waals surface area contributed by atoms with Gasteiger partial charge in [-0.05, 0) is 30.0 Å². The predicted molar refractivity (Wildman–Crippen MR) is 77.4 cm³/mol. The van der Waals surface area contributed by atoms with E-state index in [4.69, 9.17) is 0 Å². The summed E-state index contributed by atoms with van der Waals surface area (Å²) in [5, 5.41) is 2.76. The molecule has 0 aliphatic heterocycles. The molecule has 0 aliphatic carbocycles. The van der Waals surface area contributed by atoms with Gasteiger partial charge in [-0.2, -0.15) is 0 Å². The van der Waals surface area contributed by atoms with Gasteiger partial charge in [-0.25, -0.2) is 0 Å². The third-order valence-electron chi connectivity index (χ3n) is 2.59. The molecule has 0 aromatic heterocycles. The van der Waals surface area contributed by atoms with Crippen LogP contribution in [0.5, 0.6) is 0 Å². The first kappa shape index (κ1) is 14.2. The van der Waals surface area contributed by atoms with Crippen LogP contribution in [0.3, 0.4) is 0 Å². The van der Waals surface area contributed by atoms with Gasteiger partial charge in [-0.15, -0.1) is 0 Å². The van der Waals surface area contributed by atoms with Crippen LogP contribution in [0.1, 0.15) is 37.8 Å². The van der Waals surface area contributed by atoms with E-state index in [9.17, 15) is 4.79 Å². The van der Waals surface area contributed by atoms with Gasteiger partial charge >= 0.3 is 0 Å². The fourth-order valence-corrected chi connectivity index (χ4v) is 1.46. The monoisotopic (exact) mass is 243 g/mol. The van der Waals surface area contributed by atoms with E-state index >= 15 is 0 Å². The number of carbonyl (C=O) groups excluding carboxylic acids is 1. The summed E-state index contributed by atoms with van der Waals surface area (Å²) in [5.41, 5.74) is 3.28. The maximum Gasteiger partial charge on any atom is 0.244 e. The standard InChI is InChI=1S/C16H21NO/c1-12(2)11-17-16(18)10-7-14-5-8-15(9-6-14)13(3)4/h5-10,13H,1,11H2,2-4H3,(H,17,18)/b10-7+. The van der Waals surface area contributed by atoms with Gasteiger partial charge in [-0.3, -0.25) is 4.79 Å². The molecule has 18 heavy (non-hydrogen) atoms. The van der Waals surface area contributed by atoms with Gasteiger partial charge < -0.3 is 5.32 Å². The zero-order valence-electron chi connectivity index (χ0n) is 11.4. The minimum Gasteiger partial charge on any atom is -0.349 e. The molecule has 0 saturated carbocycles. The second-order valence-corrected chi connectivity index (χ2v) is 4.83. The average molecular weight is 243 g/mol. The maximum atomic E-state index is 11.5. The number of carbonyl (C=O) groups is 1. The Morgan fingerprint density at radius 3 is 2.44 bits per heavy atom. The Morgan fingerprint density at radius 1 is 1.33 bits per heavy atom. The van der Waals surface area contributed by atoms with E-state index in [1.54, 1.807) is 6.08 Å². The Balaban J connectivity index is 2.56. The molecule has 1 amide bonds. The number of benzene rings is 1. The molecule has 0 fully saturated rings. The molecule has 2 heteroatoms. The van der Waals surface area contributed by atoms with Gasteiger partial charge in [0.1, 0.15) is 0 Å². The first-order valence-corrected chi connectivity index (χ1v) is 6.19. The van der Waals surface area contributed by atoms with Crippen LogP contribution in [-0.2, 0) is 4.79 Å². The molecule has 2 nitrogen and oxygen atoms in total. The highest BCUT2D eigenvalue weighted by Gasteiger charge is 1.98. The van der Waals surface area contributed by atoms with Crippen LogP contribution in [0.2, 0.25) is 0 Å². The molecular formula is C16H21NO. The summed E-state index contributed by atoms with van der Waals surface area (Å²) in [6.45, 7) is 10.5. The summed E-state index contributed by atoms with van der Waals surface area (Å²) in [4.78, 5) is 11.5. The van der Waals surface area contributed by atoms with E-state index in [0.29, 0.717) is 12.5 Å². The van der Waals surface area contributed by atoms with Crippen molar-refractivity contribution in [3.05, 3.63) is 53.6 Å².